The number of aliphatic hydroxyl groups is 1. The number of benzene rings is 1. The topological polar surface area (TPSA) is 37.3 Å². The molecule has 1 rings (SSSR count). The van der Waals surface area contributed by atoms with E-state index in [9.17, 15) is 9.18 Å². The maximum absolute atomic E-state index is 13.2. The lowest BCUT2D eigenvalue weighted by Gasteiger charge is -2.02. The number of aryl methyl sites for hydroxylation is 1. The van der Waals surface area contributed by atoms with Gasteiger partial charge in [-0.2, -0.15) is 0 Å². The van der Waals surface area contributed by atoms with Crippen LogP contribution in [0, 0.1) is 24.6 Å². The predicted molar refractivity (Wildman–Crippen MR) is 55.1 cm³/mol. The number of rotatable bonds is 2. The van der Waals surface area contributed by atoms with E-state index in [1.165, 1.54) is 6.07 Å². The lowest BCUT2D eigenvalue weighted by Crippen LogP contribution is -1.96. The Morgan fingerprint density at radius 2 is 2.27 bits per heavy atom. The Bertz CT molecular complexity index is 427. The number of aldehydes is 1. The molecule has 0 aliphatic carbocycles. The molecule has 0 bridgehead atoms. The summed E-state index contributed by atoms with van der Waals surface area (Å²) in [6, 6.07) is 2.82. The SMILES string of the molecule is Cc1ccc(F)c(C=O)c1C#CCCO. The molecule has 0 atom stereocenters. The molecule has 0 saturated carbocycles. The van der Waals surface area contributed by atoms with Gasteiger partial charge in [0.2, 0.25) is 0 Å². The first-order valence-corrected chi connectivity index (χ1v) is 4.54. The summed E-state index contributed by atoms with van der Waals surface area (Å²) < 4.78 is 13.2. The lowest BCUT2D eigenvalue weighted by molar-refractivity contribution is 0.111. The van der Waals surface area contributed by atoms with Crippen LogP contribution >= 0.6 is 0 Å². The van der Waals surface area contributed by atoms with E-state index in [1.807, 2.05) is 0 Å². The molecular weight excluding hydrogens is 195 g/mol. The smallest absolute Gasteiger partial charge is 0.154 e. The van der Waals surface area contributed by atoms with Crippen molar-refractivity contribution in [1.29, 1.82) is 0 Å². The van der Waals surface area contributed by atoms with Crippen molar-refractivity contribution in [2.24, 2.45) is 0 Å². The van der Waals surface area contributed by atoms with Crippen LogP contribution in [0.2, 0.25) is 0 Å². The molecule has 0 heterocycles. The van der Waals surface area contributed by atoms with Gasteiger partial charge < -0.3 is 5.11 Å². The molecule has 78 valence electrons. The van der Waals surface area contributed by atoms with Crippen molar-refractivity contribution < 1.29 is 14.3 Å². The van der Waals surface area contributed by atoms with E-state index in [0.29, 0.717) is 18.3 Å². The number of carbonyl (C=O) groups excluding carboxylic acids is 1. The molecule has 3 heteroatoms. The number of aliphatic hydroxyl groups excluding tert-OH is 1. The van der Waals surface area contributed by atoms with Gasteiger partial charge in [0.25, 0.3) is 0 Å². The molecule has 1 aromatic carbocycles. The minimum absolute atomic E-state index is 0.0135. The molecule has 15 heavy (non-hydrogen) atoms. The Morgan fingerprint density at radius 3 is 2.87 bits per heavy atom. The molecule has 0 unspecified atom stereocenters. The van der Waals surface area contributed by atoms with Crippen LogP contribution in [0.5, 0.6) is 0 Å². The van der Waals surface area contributed by atoms with E-state index in [4.69, 9.17) is 5.11 Å². The summed E-state index contributed by atoms with van der Waals surface area (Å²) in [6.07, 6.45) is 0.777. The highest BCUT2D eigenvalue weighted by Gasteiger charge is 2.08. The van der Waals surface area contributed by atoms with Gasteiger partial charge in [-0.25, -0.2) is 4.39 Å². The maximum Gasteiger partial charge on any atom is 0.154 e. The fraction of sp³-hybridized carbons (Fsp3) is 0.250. The zero-order valence-corrected chi connectivity index (χ0v) is 8.38. The van der Waals surface area contributed by atoms with Crippen LogP contribution in [0.1, 0.15) is 27.9 Å². The van der Waals surface area contributed by atoms with Gasteiger partial charge >= 0.3 is 0 Å². The summed E-state index contributed by atoms with van der Waals surface area (Å²) in [5.74, 6) is 4.80. The van der Waals surface area contributed by atoms with E-state index >= 15 is 0 Å². The Hall–Kier alpha value is -1.66. The molecule has 0 spiro atoms. The number of carbonyl (C=O) groups is 1. The Labute approximate surface area is 87.7 Å². The summed E-state index contributed by atoms with van der Waals surface area (Å²) >= 11 is 0. The fourth-order valence-corrected chi connectivity index (χ4v) is 1.19. The van der Waals surface area contributed by atoms with Crippen LogP contribution in [0.15, 0.2) is 12.1 Å². The first-order valence-electron chi connectivity index (χ1n) is 4.54. The minimum atomic E-state index is -0.566. The van der Waals surface area contributed by atoms with Crippen LogP contribution < -0.4 is 0 Å². The second-order valence-electron chi connectivity index (χ2n) is 3.05. The summed E-state index contributed by atoms with van der Waals surface area (Å²) in [6.45, 7) is 1.72. The van der Waals surface area contributed by atoms with E-state index in [1.54, 1.807) is 13.0 Å². The summed E-state index contributed by atoms with van der Waals surface area (Å²) in [7, 11) is 0. The molecule has 0 amide bonds. The molecule has 1 aromatic rings. The van der Waals surface area contributed by atoms with Crippen LogP contribution in [-0.2, 0) is 0 Å². The second kappa shape index (κ2) is 5.28. The molecule has 0 radical (unpaired) electrons. The van der Waals surface area contributed by atoms with Gasteiger partial charge in [0.1, 0.15) is 5.82 Å². The highest BCUT2D eigenvalue weighted by molar-refractivity contribution is 5.80. The molecule has 2 nitrogen and oxygen atoms in total. The Balaban J connectivity index is 3.21. The predicted octanol–water partition coefficient (Wildman–Crippen LogP) is 1.68. The van der Waals surface area contributed by atoms with E-state index in [0.717, 1.165) is 5.56 Å². The fourth-order valence-electron chi connectivity index (χ4n) is 1.19. The van der Waals surface area contributed by atoms with Crippen LogP contribution in [-0.4, -0.2) is 18.0 Å². The standard InChI is InChI=1S/C12H11FO2/c1-9-5-6-12(13)11(8-15)10(9)4-2-3-7-14/h5-6,8,14H,3,7H2,1H3. The second-order valence-corrected chi connectivity index (χ2v) is 3.05. The first kappa shape index (κ1) is 11.4. The monoisotopic (exact) mass is 206 g/mol. The number of hydrogen-bond donors (Lipinski definition) is 1. The highest BCUT2D eigenvalue weighted by Crippen LogP contribution is 2.15. The molecule has 0 aliphatic heterocycles. The van der Waals surface area contributed by atoms with Crippen LogP contribution in [0.3, 0.4) is 0 Å². The molecular formula is C12H11FO2. The summed E-state index contributed by atoms with van der Waals surface area (Å²) in [4.78, 5) is 10.7. The Morgan fingerprint density at radius 1 is 1.53 bits per heavy atom. The average molecular weight is 206 g/mol. The van der Waals surface area contributed by atoms with E-state index in [2.05, 4.69) is 11.8 Å². The molecule has 0 aliphatic rings. The van der Waals surface area contributed by atoms with Gasteiger partial charge in [-0.3, -0.25) is 4.79 Å². The van der Waals surface area contributed by atoms with Gasteiger partial charge in [-0.15, -0.1) is 0 Å². The van der Waals surface area contributed by atoms with Crippen molar-refractivity contribution in [2.75, 3.05) is 6.61 Å². The summed E-state index contributed by atoms with van der Waals surface area (Å²) in [5, 5.41) is 8.55. The minimum Gasteiger partial charge on any atom is -0.395 e. The van der Waals surface area contributed by atoms with E-state index < -0.39 is 5.82 Å². The van der Waals surface area contributed by atoms with Gasteiger partial charge in [0, 0.05) is 12.0 Å². The van der Waals surface area contributed by atoms with Crippen molar-refractivity contribution >= 4 is 6.29 Å². The van der Waals surface area contributed by atoms with E-state index in [-0.39, 0.29) is 12.2 Å². The molecule has 1 N–H and O–H groups in total. The summed E-state index contributed by atoms with van der Waals surface area (Å²) in [5.41, 5.74) is 1.14. The van der Waals surface area contributed by atoms with Gasteiger partial charge in [0.15, 0.2) is 6.29 Å². The zero-order chi connectivity index (χ0) is 11.3. The van der Waals surface area contributed by atoms with Gasteiger partial charge in [0.05, 0.1) is 12.2 Å². The quantitative estimate of drug-likeness (QED) is 0.590. The third kappa shape index (κ3) is 2.64. The first-order chi connectivity index (χ1) is 7.20. The average Bonchev–Trinajstić information content (AvgIpc) is 2.23. The molecule has 0 saturated heterocycles. The largest absolute Gasteiger partial charge is 0.395 e. The van der Waals surface area contributed by atoms with Crippen molar-refractivity contribution in [3.8, 4) is 11.8 Å². The van der Waals surface area contributed by atoms with Crippen molar-refractivity contribution in [1.82, 2.24) is 0 Å². The molecule has 0 fully saturated rings. The van der Waals surface area contributed by atoms with Crippen LogP contribution in [0.4, 0.5) is 4.39 Å². The number of halogens is 1. The number of hydrogen-bond acceptors (Lipinski definition) is 2. The lowest BCUT2D eigenvalue weighted by atomic mass is 10.0. The molecule has 0 aromatic heterocycles. The van der Waals surface area contributed by atoms with Gasteiger partial charge in [-0.1, -0.05) is 17.9 Å². The van der Waals surface area contributed by atoms with Crippen molar-refractivity contribution in [3.63, 3.8) is 0 Å². The van der Waals surface area contributed by atoms with Crippen molar-refractivity contribution in [3.05, 3.63) is 34.6 Å². The third-order valence-electron chi connectivity index (χ3n) is 1.97. The van der Waals surface area contributed by atoms with Crippen molar-refractivity contribution in [2.45, 2.75) is 13.3 Å². The maximum atomic E-state index is 13.2. The zero-order valence-electron chi connectivity index (χ0n) is 8.38. The van der Waals surface area contributed by atoms with Crippen LogP contribution in [0.25, 0.3) is 0 Å². The van der Waals surface area contributed by atoms with Gasteiger partial charge in [-0.05, 0) is 18.6 Å². The Kier molecular flexibility index (Phi) is 4.02. The third-order valence-corrected chi connectivity index (χ3v) is 1.97. The highest BCUT2D eigenvalue weighted by atomic mass is 19.1. The normalized spacial score (nSPS) is 9.27.